The zero-order valence-corrected chi connectivity index (χ0v) is 48.7. The summed E-state index contributed by atoms with van der Waals surface area (Å²) in [6.45, 7) is 8.89. The van der Waals surface area contributed by atoms with Crippen LogP contribution in [0, 0.1) is 23.7 Å². The Morgan fingerprint density at radius 3 is 1.65 bits per heavy atom. The third kappa shape index (κ3) is 18.5. The third-order valence-electron chi connectivity index (χ3n) is 14.8. The Hall–Kier alpha value is -5.56. The van der Waals surface area contributed by atoms with E-state index < -0.39 is 68.6 Å². The van der Waals surface area contributed by atoms with Crippen LogP contribution in [-0.2, 0) is 56.8 Å². The van der Waals surface area contributed by atoms with Gasteiger partial charge in [0, 0.05) is 57.4 Å². The highest BCUT2D eigenvalue weighted by atomic mass is 32.2. The van der Waals surface area contributed by atoms with Crippen LogP contribution in [-0.4, -0.2) is 180 Å². The fourth-order valence-corrected chi connectivity index (χ4v) is 12.7. The average Bonchev–Trinajstić information content (AvgIpc) is 4.17. The quantitative estimate of drug-likeness (QED) is 0.0356. The van der Waals surface area contributed by atoms with Crippen molar-refractivity contribution in [2.75, 3.05) is 73.2 Å². The molecule has 18 nitrogen and oxygen atoms in total. The highest BCUT2D eigenvalue weighted by molar-refractivity contribution is 7.89. The first-order valence-corrected chi connectivity index (χ1v) is 30.6. The van der Waals surface area contributed by atoms with E-state index in [0.29, 0.717) is 51.8 Å². The molecular formula is C60H82N8O10S2. The zero-order valence-electron chi connectivity index (χ0n) is 47.1. The molecule has 2 fully saturated rings. The van der Waals surface area contributed by atoms with Crippen LogP contribution >= 0.6 is 0 Å². The van der Waals surface area contributed by atoms with Gasteiger partial charge >= 0.3 is 0 Å². The number of aliphatic hydroxyl groups is 1. The summed E-state index contributed by atoms with van der Waals surface area (Å²) in [5.74, 6) is 10.6. The molecule has 1 unspecified atom stereocenters. The van der Waals surface area contributed by atoms with Gasteiger partial charge in [0.25, 0.3) is 0 Å². The van der Waals surface area contributed by atoms with Crippen LogP contribution in [0.2, 0.25) is 0 Å². The third-order valence-corrected chi connectivity index (χ3v) is 18.6. The van der Waals surface area contributed by atoms with E-state index >= 15 is 0 Å². The number of aliphatic hydroxyl groups excluding tert-OH is 1. The van der Waals surface area contributed by atoms with Crippen LogP contribution in [0.4, 0.5) is 0 Å². The van der Waals surface area contributed by atoms with Gasteiger partial charge in [0.15, 0.2) is 0 Å². The Labute approximate surface area is 475 Å². The van der Waals surface area contributed by atoms with Gasteiger partial charge in [-0.2, -0.15) is 14.1 Å². The van der Waals surface area contributed by atoms with Gasteiger partial charge < -0.3 is 35.4 Å². The maximum atomic E-state index is 14.6. The van der Waals surface area contributed by atoms with Crippen molar-refractivity contribution in [2.45, 2.75) is 131 Å². The number of nitrogens with zero attached hydrogens (tertiary/aromatic N) is 4. The fraction of sp³-hybridized carbons (Fsp3) is 0.500. The van der Waals surface area contributed by atoms with Gasteiger partial charge in [-0.05, 0) is 128 Å². The second-order valence-electron chi connectivity index (χ2n) is 20.4. The molecule has 4 aromatic carbocycles. The standard InChI is InChI=1S/C60H82N8O10S2/c1-46(61-5)45-78-64-57(60(71)68-38-24-30-53(68)44-66(40-36-51-27-15-10-16-28-51)80(74,75)55-33-19-12-20-34-55)49(4)77-42-22-8-7-21-41-76-48(3)56(63-58(69)47(2)62-6)59(70)67-37-23-29-52(67)43-65(39-35-50-25-13-9-14-26-50)79(72,73)54-31-17-11-18-32-54/h9-20,25-28,31-34,46-49,52-53,56-57,60-62,64,71H,23-24,29-30,35-45H2,1-6H3,(H,63,69)/t46-,47-,48+,49+,52-,53-,56-,57-,60?/m0/s1. The van der Waals surface area contributed by atoms with Crippen molar-refractivity contribution in [3.05, 3.63) is 132 Å². The average molecular weight is 1140 g/mol. The molecule has 5 N–H and O–H groups in total. The van der Waals surface area contributed by atoms with E-state index in [1.54, 1.807) is 93.4 Å². The van der Waals surface area contributed by atoms with Crippen molar-refractivity contribution < 1.29 is 45.8 Å². The number of sulfonamides is 2. The summed E-state index contributed by atoms with van der Waals surface area (Å²) < 4.78 is 71.9. The number of ether oxygens (including phenoxy) is 2. The van der Waals surface area contributed by atoms with Crippen LogP contribution in [0.15, 0.2) is 131 Å². The number of likely N-dealkylation sites (N-methyl/N-ethyl adjacent to an activating group) is 2. The molecule has 0 spiro atoms. The van der Waals surface area contributed by atoms with Crippen molar-refractivity contribution in [2.24, 2.45) is 0 Å². The molecule has 0 bridgehead atoms. The number of rotatable bonds is 31. The minimum Gasteiger partial charge on any atom is -0.377 e. The Morgan fingerprint density at radius 1 is 0.662 bits per heavy atom. The molecule has 0 saturated carbocycles. The smallest absolute Gasteiger partial charge is 0.248 e. The van der Waals surface area contributed by atoms with Gasteiger partial charge in [-0.15, -0.1) is 0 Å². The van der Waals surface area contributed by atoms with E-state index in [0.717, 1.165) is 17.5 Å². The van der Waals surface area contributed by atoms with Crippen LogP contribution in [0.3, 0.4) is 0 Å². The summed E-state index contributed by atoms with van der Waals surface area (Å²) in [4.78, 5) is 37.8. The van der Waals surface area contributed by atoms with E-state index in [2.05, 4.69) is 45.1 Å². The summed E-state index contributed by atoms with van der Waals surface area (Å²) in [7, 11) is -4.33. The Kier molecular flexibility index (Phi) is 25.6. The van der Waals surface area contributed by atoms with E-state index in [-0.39, 0.29) is 67.2 Å². The largest absolute Gasteiger partial charge is 0.377 e. The van der Waals surface area contributed by atoms with Crippen molar-refractivity contribution in [3.8, 4) is 23.7 Å². The van der Waals surface area contributed by atoms with Gasteiger partial charge in [-0.25, -0.2) is 16.8 Å². The maximum absolute atomic E-state index is 14.6. The van der Waals surface area contributed by atoms with Gasteiger partial charge in [0.2, 0.25) is 31.9 Å². The molecule has 2 heterocycles. The van der Waals surface area contributed by atoms with Crippen LogP contribution in [0.1, 0.15) is 64.5 Å². The molecule has 20 heteroatoms. The zero-order chi connectivity index (χ0) is 57.5. The first-order valence-electron chi connectivity index (χ1n) is 27.7. The molecule has 2 aliphatic rings. The summed E-state index contributed by atoms with van der Waals surface area (Å²) in [6, 6.07) is 32.9. The summed E-state index contributed by atoms with van der Waals surface area (Å²) in [5, 5.41) is 21.1. The fourth-order valence-electron chi connectivity index (χ4n) is 9.72. The molecule has 0 aromatic heterocycles. The molecule has 80 heavy (non-hydrogen) atoms. The number of carbonyl (C=O) groups excluding carboxylic acids is 2. The lowest BCUT2D eigenvalue weighted by molar-refractivity contribution is -0.141. The Balaban J connectivity index is 1.09. The lowest BCUT2D eigenvalue weighted by Crippen LogP contribution is -2.58. The highest BCUT2D eigenvalue weighted by Gasteiger charge is 2.41. The number of likely N-dealkylation sites (tertiary alicyclic amines) is 2. The Morgan fingerprint density at radius 2 is 1.14 bits per heavy atom. The topological polar surface area (TPSA) is 211 Å². The molecule has 9 atom stereocenters. The number of benzene rings is 4. The van der Waals surface area contributed by atoms with Crippen LogP contribution in [0.25, 0.3) is 0 Å². The SMILES string of the molecule is CN[C@@H](C)C(=O)N[C@H](C(=O)N1CCC[C@H]1CN(CCc1ccccc1)S(=O)(=O)c1ccccc1)[C@@H](C)OCC#CC#CCO[C@H](C)[C@H](NOC[C@H](C)NC)C(O)N1CCC[C@H]1CN(CCc1ccccc1)S(=O)(=O)c1ccccc1. The first kappa shape index (κ1) is 63.6. The van der Waals surface area contributed by atoms with Crippen LogP contribution in [0.5, 0.6) is 0 Å². The summed E-state index contributed by atoms with van der Waals surface area (Å²) >= 11 is 0. The lowest BCUT2D eigenvalue weighted by Gasteiger charge is -2.38. The molecule has 2 amide bonds. The number of hydrogen-bond donors (Lipinski definition) is 5. The molecule has 6 rings (SSSR count). The molecule has 0 aliphatic carbocycles. The molecule has 2 saturated heterocycles. The number of hydrogen-bond acceptors (Lipinski definition) is 14. The molecule has 4 aromatic rings. The Bertz CT molecular complexity index is 2870. The predicted octanol–water partition coefficient (Wildman–Crippen LogP) is 4.03. The summed E-state index contributed by atoms with van der Waals surface area (Å²) in [5.41, 5.74) is 5.05. The normalized spacial score (nSPS) is 18.5. The van der Waals surface area contributed by atoms with Crippen molar-refractivity contribution in [1.82, 2.24) is 39.8 Å². The molecule has 0 radical (unpaired) electrons. The van der Waals surface area contributed by atoms with Crippen molar-refractivity contribution in [3.63, 3.8) is 0 Å². The van der Waals surface area contributed by atoms with Gasteiger partial charge in [0.05, 0.1) is 40.7 Å². The van der Waals surface area contributed by atoms with Crippen molar-refractivity contribution in [1.29, 1.82) is 0 Å². The first-order chi connectivity index (χ1) is 38.5. The number of nitrogens with one attached hydrogen (secondary N) is 4. The molecule has 434 valence electrons. The van der Waals surface area contributed by atoms with E-state index in [4.69, 9.17) is 14.3 Å². The van der Waals surface area contributed by atoms with Crippen molar-refractivity contribution >= 4 is 31.9 Å². The van der Waals surface area contributed by atoms with E-state index in [9.17, 15) is 31.5 Å². The number of carbonyl (C=O) groups is 2. The number of hydroxylamine groups is 1. The monoisotopic (exact) mass is 1140 g/mol. The van der Waals surface area contributed by atoms with Gasteiger partial charge in [0.1, 0.15) is 25.5 Å². The molecule has 2 aliphatic heterocycles. The summed E-state index contributed by atoms with van der Waals surface area (Å²) in [6.07, 6.45) is 1.07. The minimum absolute atomic E-state index is 0.00369. The second kappa shape index (κ2) is 32.2. The highest BCUT2D eigenvalue weighted by Crippen LogP contribution is 2.28. The van der Waals surface area contributed by atoms with E-state index in [1.807, 2.05) is 79.5 Å². The number of amides is 2. The van der Waals surface area contributed by atoms with Gasteiger partial charge in [-0.1, -0.05) is 109 Å². The minimum atomic E-state index is -3.93. The second-order valence-corrected chi connectivity index (χ2v) is 24.3. The predicted molar refractivity (Wildman–Crippen MR) is 309 cm³/mol. The maximum Gasteiger partial charge on any atom is 0.248 e. The van der Waals surface area contributed by atoms with E-state index in [1.165, 1.54) is 8.61 Å². The lowest BCUT2D eigenvalue weighted by atomic mass is 10.1. The molecular weight excluding hydrogens is 1060 g/mol. The van der Waals surface area contributed by atoms with Gasteiger partial charge in [-0.3, -0.25) is 19.3 Å². The van der Waals surface area contributed by atoms with Crippen LogP contribution < -0.4 is 21.4 Å².